The van der Waals surface area contributed by atoms with Gasteiger partial charge < -0.3 is 10.1 Å². The van der Waals surface area contributed by atoms with Crippen molar-refractivity contribution >= 4 is 22.9 Å². The topological polar surface area (TPSA) is 112 Å². The summed E-state index contributed by atoms with van der Waals surface area (Å²) in [6.07, 6.45) is 0.461. The van der Waals surface area contributed by atoms with Crippen LogP contribution in [0.1, 0.15) is 29.2 Å². The summed E-state index contributed by atoms with van der Waals surface area (Å²) in [6, 6.07) is 14.2. The van der Waals surface area contributed by atoms with E-state index < -0.39 is 4.92 Å². The van der Waals surface area contributed by atoms with Crippen LogP contribution >= 0.6 is 0 Å². The van der Waals surface area contributed by atoms with Crippen molar-refractivity contribution in [1.29, 1.82) is 0 Å². The molecule has 158 valence electrons. The SMILES string of the molecule is COc1nc2c(c(=O)n1C)N=C(c1ccc([N+](=O)[O-])cc1)CC(c1ccc(C)cc1)N2. The van der Waals surface area contributed by atoms with Gasteiger partial charge in [0.1, 0.15) is 0 Å². The summed E-state index contributed by atoms with van der Waals surface area (Å²) in [5.41, 5.74) is 3.30. The minimum Gasteiger partial charge on any atom is -0.468 e. The lowest BCUT2D eigenvalue weighted by atomic mass is 9.96. The first kappa shape index (κ1) is 20.3. The molecule has 3 aromatic rings. The van der Waals surface area contributed by atoms with E-state index >= 15 is 0 Å². The van der Waals surface area contributed by atoms with Gasteiger partial charge in [-0.25, -0.2) is 4.99 Å². The molecule has 1 aliphatic rings. The van der Waals surface area contributed by atoms with E-state index in [0.29, 0.717) is 23.5 Å². The molecule has 31 heavy (non-hydrogen) atoms. The molecule has 2 heterocycles. The van der Waals surface area contributed by atoms with Gasteiger partial charge >= 0.3 is 6.01 Å². The Balaban J connectivity index is 1.87. The van der Waals surface area contributed by atoms with E-state index in [1.165, 1.54) is 23.8 Å². The second kappa shape index (κ2) is 8.02. The van der Waals surface area contributed by atoms with Crippen LogP contribution in [0.4, 0.5) is 17.2 Å². The molecule has 1 N–H and O–H groups in total. The number of nitrogens with one attached hydrogen (secondary N) is 1. The van der Waals surface area contributed by atoms with Crippen LogP contribution in [0.2, 0.25) is 0 Å². The van der Waals surface area contributed by atoms with Crippen LogP contribution < -0.4 is 15.6 Å². The lowest BCUT2D eigenvalue weighted by Gasteiger charge is -2.19. The maximum atomic E-state index is 13.0. The molecule has 0 amide bonds. The van der Waals surface area contributed by atoms with Crippen molar-refractivity contribution in [1.82, 2.24) is 9.55 Å². The van der Waals surface area contributed by atoms with Crippen LogP contribution in [0.3, 0.4) is 0 Å². The molecule has 9 heteroatoms. The fourth-order valence-electron chi connectivity index (χ4n) is 3.50. The van der Waals surface area contributed by atoms with Gasteiger partial charge in [-0.1, -0.05) is 29.8 Å². The van der Waals surface area contributed by atoms with Gasteiger partial charge in [-0.05, 0) is 30.2 Å². The average Bonchev–Trinajstić information content (AvgIpc) is 2.97. The summed E-state index contributed by atoms with van der Waals surface area (Å²) < 4.78 is 6.53. The fourth-order valence-corrected chi connectivity index (χ4v) is 3.50. The Bertz CT molecular complexity index is 1230. The number of ether oxygens (including phenoxy) is 1. The van der Waals surface area contributed by atoms with Gasteiger partial charge in [-0.2, -0.15) is 4.98 Å². The maximum absolute atomic E-state index is 13.0. The number of benzene rings is 2. The molecule has 1 aromatic heterocycles. The Hall–Kier alpha value is -4.01. The van der Waals surface area contributed by atoms with E-state index in [1.54, 1.807) is 19.2 Å². The molecule has 0 fully saturated rings. The van der Waals surface area contributed by atoms with E-state index in [0.717, 1.165) is 11.1 Å². The largest absolute Gasteiger partial charge is 0.468 e. The Morgan fingerprint density at radius 2 is 1.84 bits per heavy atom. The summed E-state index contributed by atoms with van der Waals surface area (Å²) in [5.74, 6) is 0.336. The highest BCUT2D eigenvalue weighted by atomic mass is 16.6. The zero-order chi connectivity index (χ0) is 22.1. The highest BCUT2D eigenvalue weighted by Gasteiger charge is 2.25. The van der Waals surface area contributed by atoms with Gasteiger partial charge in [0, 0.05) is 25.6 Å². The lowest BCUT2D eigenvalue weighted by molar-refractivity contribution is -0.384. The quantitative estimate of drug-likeness (QED) is 0.510. The van der Waals surface area contributed by atoms with Crippen LogP contribution in [0.25, 0.3) is 0 Å². The maximum Gasteiger partial charge on any atom is 0.300 e. The van der Waals surface area contributed by atoms with Crippen LogP contribution in [0.15, 0.2) is 58.3 Å². The molecular weight excluding hydrogens is 398 g/mol. The van der Waals surface area contributed by atoms with Crippen molar-refractivity contribution in [2.45, 2.75) is 19.4 Å². The van der Waals surface area contributed by atoms with E-state index in [1.807, 2.05) is 31.2 Å². The molecule has 0 bridgehead atoms. The number of hydrogen-bond acceptors (Lipinski definition) is 7. The third kappa shape index (κ3) is 3.89. The van der Waals surface area contributed by atoms with Crippen molar-refractivity contribution in [3.05, 3.63) is 85.7 Å². The number of non-ortho nitro benzene ring substituents is 1. The average molecular weight is 419 g/mol. The first-order valence-corrected chi connectivity index (χ1v) is 9.68. The first-order valence-electron chi connectivity index (χ1n) is 9.68. The fraction of sp³-hybridized carbons (Fsp3) is 0.227. The molecule has 2 aromatic carbocycles. The number of fused-ring (bicyclic) bond motifs is 1. The predicted molar refractivity (Wildman–Crippen MR) is 117 cm³/mol. The molecule has 9 nitrogen and oxygen atoms in total. The highest BCUT2D eigenvalue weighted by molar-refractivity contribution is 6.04. The third-order valence-electron chi connectivity index (χ3n) is 5.25. The molecule has 0 spiro atoms. The minimum atomic E-state index is -0.448. The van der Waals surface area contributed by atoms with Crippen LogP contribution in [-0.2, 0) is 7.05 Å². The van der Waals surface area contributed by atoms with Crippen molar-refractivity contribution < 1.29 is 9.66 Å². The van der Waals surface area contributed by atoms with E-state index in [9.17, 15) is 14.9 Å². The number of aryl methyl sites for hydroxylation is 1. The van der Waals surface area contributed by atoms with Gasteiger partial charge in [-0.3, -0.25) is 19.5 Å². The van der Waals surface area contributed by atoms with Crippen LogP contribution in [0, 0.1) is 17.0 Å². The lowest BCUT2D eigenvalue weighted by Crippen LogP contribution is -2.21. The monoisotopic (exact) mass is 419 g/mol. The molecule has 0 radical (unpaired) electrons. The number of methoxy groups -OCH3 is 1. The number of hydrogen-bond donors (Lipinski definition) is 1. The molecule has 4 rings (SSSR count). The van der Waals surface area contributed by atoms with E-state index in [2.05, 4.69) is 15.3 Å². The number of rotatable bonds is 4. The van der Waals surface area contributed by atoms with Gasteiger partial charge in [0.25, 0.3) is 11.2 Å². The highest BCUT2D eigenvalue weighted by Crippen LogP contribution is 2.33. The number of nitro groups is 1. The molecular formula is C22H21N5O4. The number of anilines is 1. The Morgan fingerprint density at radius 1 is 1.16 bits per heavy atom. The van der Waals surface area contributed by atoms with E-state index in [-0.39, 0.29) is 29.0 Å². The molecule has 1 atom stereocenters. The summed E-state index contributed by atoms with van der Waals surface area (Å²) in [5, 5.41) is 14.4. The molecule has 1 aliphatic heterocycles. The van der Waals surface area contributed by atoms with Crippen LogP contribution in [-0.4, -0.2) is 27.3 Å². The number of nitro benzene ring substituents is 1. The molecule has 1 unspecified atom stereocenters. The number of nitrogens with zero attached hydrogens (tertiary/aromatic N) is 4. The van der Waals surface area contributed by atoms with Gasteiger partial charge in [0.15, 0.2) is 11.5 Å². The van der Waals surface area contributed by atoms with Crippen molar-refractivity contribution in [3.8, 4) is 6.01 Å². The predicted octanol–water partition coefficient (Wildman–Crippen LogP) is 3.68. The van der Waals surface area contributed by atoms with Crippen LogP contribution in [0.5, 0.6) is 6.01 Å². The van der Waals surface area contributed by atoms with E-state index in [4.69, 9.17) is 4.74 Å². The Kier molecular flexibility index (Phi) is 5.24. The molecule has 0 aliphatic carbocycles. The van der Waals surface area contributed by atoms with Crippen molar-refractivity contribution in [2.75, 3.05) is 12.4 Å². The third-order valence-corrected chi connectivity index (χ3v) is 5.25. The number of aromatic nitrogens is 2. The number of aliphatic imine (C=N–C) groups is 1. The second-order valence-electron chi connectivity index (χ2n) is 7.33. The zero-order valence-electron chi connectivity index (χ0n) is 17.3. The summed E-state index contributed by atoms with van der Waals surface area (Å²) in [7, 11) is 3.02. The van der Waals surface area contributed by atoms with Crippen molar-refractivity contribution in [3.63, 3.8) is 0 Å². The molecule has 0 saturated carbocycles. The molecule has 0 saturated heterocycles. The summed E-state index contributed by atoms with van der Waals surface area (Å²) in [6.45, 7) is 2.01. The summed E-state index contributed by atoms with van der Waals surface area (Å²) >= 11 is 0. The van der Waals surface area contributed by atoms with Crippen molar-refractivity contribution in [2.24, 2.45) is 12.0 Å². The Labute approximate surface area is 178 Å². The zero-order valence-corrected chi connectivity index (χ0v) is 17.3. The summed E-state index contributed by atoms with van der Waals surface area (Å²) in [4.78, 5) is 32.6. The first-order chi connectivity index (χ1) is 14.9. The standard InChI is InChI=1S/C22H21N5O4/c1-13-4-6-14(7-5-13)18-12-17(15-8-10-16(11-9-15)27(29)30)23-19-20(24-18)25-22(31-3)26(2)21(19)28/h4-11,18,24H,12H2,1-3H3. The minimum absolute atomic E-state index is 0.00565. The van der Waals surface area contributed by atoms with Gasteiger partial charge in [0.2, 0.25) is 0 Å². The second-order valence-corrected chi connectivity index (χ2v) is 7.33. The Morgan fingerprint density at radius 3 is 2.45 bits per heavy atom. The van der Waals surface area contributed by atoms with Gasteiger partial charge in [-0.15, -0.1) is 0 Å². The smallest absolute Gasteiger partial charge is 0.300 e. The normalized spacial score (nSPS) is 15.3. The van der Waals surface area contributed by atoms with Gasteiger partial charge in [0.05, 0.1) is 23.8 Å².